The van der Waals surface area contributed by atoms with Crippen LogP contribution in [0.1, 0.15) is 16.3 Å². The molecule has 1 heterocycles. The Morgan fingerprint density at radius 1 is 1.11 bits per heavy atom. The average molecular weight is 319 g/mol. The second-order valence-electron chi connectivity index (χ2n) is 3.76. The maximum atomic E-state index is 12.1. The average Bonchev–Trinajstić information content (AvgIpc) is 2.79. The van der Waals surface area contributed by atoms with Crippen molar-refractivity contribution in [3.8, 4) is 0 Å². The number of carbonyl (C=O) groups is 1. The minimum absolute atomic E-state index is 0.0472. The van der Waals surface area contributed by atoms with E-state index in [-0.39, 0.29) is 32.2 Å². The Morgan fingerprint density at radius 2 is 1.84 bits per heavy atom. The maximum absolute atomic E-state index is 12.1. The summed E-state index contributed by atoms with van der Waals surface area (Å²) in [6.07, 6.45) is 0.509. The van der Waals surface area contributed by atoms with Crippen LogP contribution < -0.4 is 0 Å². The van der Waals surface area contributed by atoms with Crippen LogP contribution in [-0.2, 0) is 15.6 Å². The van der Waals surface area contributed by atoms with E-state index in [0.717, 1.165) is 0 Å². The van der Waals surface area contributed by atoms with E-state index in [2.05, 4.69) is 0 Å². The Labute approximate surface area is 119 Å². The highest BCUT2D eigenvalue weighted by atomic mass is 35.5. The standard InChI is InChI=1S/C12H8Cl2O4S/c13-11-4-3-10(5-12(11)14)19(16,17)7-9-2-1-8(6-15)18-9/h1-6H,7H2. The number of halogens is 2. The SMILES string of the molecule is O=Cc1ccc(CS(=O)(=O)c2ccc(Cl)c(Cl)c2)o1. The van der Waals surface area contributed by atoms with Crippen molar-refractivity contribution in [2.75, 3.05) is 0 Å². The van der Waals surface area contributed by atoms with Crippen molar-refractivity contribution in [1.29, 1.82) is 0 Å². The third-order valence-corrected chi connectivity index (χ3v) is 4.76. The highest BCUT2D eigenvalue weighted by Gasteiger charge is 2.18. The van der Waals surface area contributed by atoms with Gasteiger partial charge < -0.3 is 4.42 Å². The predicted octanol–water partition coefficient (Wildman–Crippen LogP) is 3.37. The Kier molecular flexibility index (Phi) is 3.99. The van der Waals surface area contributed by atoms with Crippen molar-refractivity contribution in [3.05, 3.63) is 51.9 Å². The van der Waals surface area contributed by atoms with Gasteiger partial charge in [0.15, 0.2) is 21.9 Å². The second-order valence-corrected chi connectivity index (χ2v) is 6.56. The molecule has 0 radical (unpaired) electrons. The number of hydrogen-bond donors (Lipinski definition) is 0. The molecule has 2 aromatic rings. The first-order valence-corrected chi connectivity index (χ1v) is 7.55. The summed E-state index contributed by atoms with van der Waals surface area (Å²) >= 11 is 11.5. The molecule has 0 fully saturated rings. The molecule has 100 valence electrons. The fourth-order valence-corrected chi connectivity index (χ4v) is 3.11. The maximum Gasteiger partial charge on any atom is 0.185 e. The van der Waals surface area contributed by atoms with Crippen LogP contribution in [0.2, 0.25) is 10.0 Å². The molecule has 0 unspecified atom stereocenters. The molecule has 0 aliphatic rings. The van der Waals surface area contributed by atoms with Crippen LogP contribution in [0.3, 0.4) is 0 Å². The number of aldehydes is 1. The topological polar surface area (TPSA) is 64.3 Å². The normalized spacial score (nSPS) is 11.5. The van der Waals surface area contributed by atoms with Gasteiger partial charge in [-0.25, -0.2) is 8.42 Å². The van der Waals surface area contributed by atoms with Crippen molar-refractivity contribution in [1.82, 2.24) is 0 Å². The molecular weight excluding hydrogens is 311 g/mol. The molecule has 0 aliphatic heterocycles. The van der Waals surface area contributed by atoms with Crippen LogP contribution in [0.25, 0.3) is 0 Å². The van der Waals surface area contributed by atoms with Crippen LogP contribution in [0.15, 0.2) is 39.6 Å². The van der Waals surface area contributed by atoms with Gasteiger partial charge in [-0.1, -0.05) is 23.2 Å². The molecule has 2 rings (SSSR count). The molecule has 0 atom stereocenters. The first kappa shape index (κ1) is 14.1. The van der Waals surface area contributed by atoms with Gasteiger partial charge in [-0.15, -0.1) is 0 Å². The molecule has 0 bridgehead atoms. The molecule has 0 aliphatic carbocycles. The van der Waals surface area contributed by atoms with E-state index >= 15 is 0 Å². The molecule has 4 nitrogen and oxygen atoms in total. The first-order chi connectivity index (χ1) is 8.92. The summed E-state index contributed by atoms with van der Waals surface area (Å²) < 4.78 is 29.3. The van der Waals surface area contributed by atoms with Gasteiger partial charge >= 0.3 is 0 Å². The fraction of sp³-hybridized carbons (Fsp3) is 0.0833. The summed E-state index contributed by atoms with van der Waals surface area (Å²) in [6, 6.07) is 6.91. The van der Waals surface area contributed by atoms with Crippen molar-refractivity contribution >= 4 is 39.3 Å². The lowest BCUT2D eigenvalue weighted by atomic mass is 10.4. The quantitative estimate of drug-likeness (QED) is 0.811. The molecule has 0 amide bonds. The molecule has 7 heteroatoms. The minimum atomic E-state index is -3.60. The van der Waals surface area contributed by atoms with Crippen molar-refractivity contribution < 1.29 is 17.6 Å². The molecule has 19 heavy (non-hydrogen) atoms. The smallest absolute Gasteiger partial charge is 0.185 e. The number of benzene rings is 1. The summed E-state index contributed by atoms with van der Waals surface area (Å²) in [7, 11) is -3.60. The zero-order chi connectivity index (χ0) is 14.0. The van der Waals surface area contributed by atoms with E-state index in [9.17, 15) is 13.2 Å². The third kappa shape index (κ3) is 3.18. The van der Waals surface area contributed by atoms with E-state index in [0.29, 0.717) is 6.29 Å². The lowest BCUT2D eigenvalue weighted by Crippen LogP contribution is -2.04. The van der Waals surface area contributed by atoms with Gasteiger partial charge in [-0.2, -0.15) is 0 Å². The van der Waals surface area contributed by atoms with Crippen molar-refractivity contribution in [2.45, 2.75) is 10.6 Å². The Balaban J connectivity index is 2.31. The van der Waals surface area contributed by atoms with Gasteiger partial charge in [0.05, 0.1) is 14.9 Å². The fourth-order valence-electron chi connectivity index (χ4n) is 1.48. The lowest BCUT2D eigenvalue weighted by Gasteiger charge is -2.04. The van der Waals surface area contributed by atoms with E-state index in [1.807, 2.05) is 0 Å². The third-order valence-electron chi connectivity index (χ3n) is 2.38. The summed E-state index contributed by atoms with van der Waals surface area (Å²) in [4.78, 5) is 10.5. The second kappa shape index (κ2) is 5.36. The highest BCUT2D eigenvalue weighted by molar-refractivity contribution is 7.90. The van der Waals surface area contributed by atoms with Gasteiger partial charge in [0.1, 0.15) is 11.5 Å². The molecule has 1 aromatic heterocycles. The molecule has 0 saturated heterocycles. The van der Waals surface area contributed by atoms with Crippen molar-refractivity contribution in [3.63, 3.8) is 0 Å². The van der Waals surface area contributed by atoms with Crippen LogP contribution >= 0.6 is 23.2 Å². The monoisotopic (exact) mass is 318 g/mol. The Morgan fingerprint density at radius 3 is 2.42 bits per heavy atom. The van der Waals surface area contributed by atoms with Crippen LogP contribution in [0.5, 0.6) is 0 Å². The van der Waals surface area contributed by atoms with E-state index in [4.69, 9.17) is 27.6 Å². The summed E-state index contributed by atoms with van der Waals surface area (Å²) in [5.41, 5.74) is 0. The zero-order valence-corrected chi connectivity index (χ0v) is 11.8. The Bertz CT molecular complexity index is 719. The number of sulfone groups is 1. The Hall–Kier alpha value is -1.30. The first-order valence-electron chi connectivity index (χ1n) is 5.14. The minimum Gasteiger partial charge on any atom is -0.457 e. The van der Waals surface area contributed by atoms with Crippen molar-refractivity contribution in [2.24, 2.45) is 0 Å². The summed E-state index contributed by atoms with van der Waals surface area (Å²) in [5, 5.41) is 0.442. The summed E-state index contributed by atoms with van der Waals surface area (Å²) in [5.74, 6) is -0.0776. The van der Waals surface area contributed by atoms with Gasteiger partial charge in [0, 0.05) is 0 Å². The van der Waals surface area contributed by atoms with Crippen LogP contribution in [0, 0.1) is 0 Å². The predicted molar refractivity (Wildman–Crippen MR) is 71.4 cm³/mol. The van der Waals surface area contributed by atoms with Crippen LogP contribution in [-0.4, -0.2) is 14.7 Å². The van der Waals surface area contributed by atoms with Gasteiger partial charge in [0.2, 0.25) is 0 Å². The molecule has 0 spiro atoms. The van der Waals surface area contributed by atoms with Crippen LogP contribution in [0.4, 0.5) is 0 Å². The van der Waals surface area contributed by atoms with E-state index in [1.54, 1.807) is 0 Å². The molecular formula is C12H8Cl2O4S. The molecule has 0 saturated carbocycles. The lowest BCUT2D eigenvalue weighted by molar-refractivity contribution is 0.109. The largest absolute Gasteiger partial charge is 0.457 e. The number of furan rings is 1. The van der Waals surface area contributed by atoms with E-state index < -0.39 is 9.84 Å². The van der Waals surface area contributed by atoms with Gasteiger partial charge in [-0.05, 0) is 30.3 Å². The molecule has 0 N–H and O–H groups in total. The number of carbonyl (C=O) groups excluding carboxylic acids is 1. The summed E-state index contributed by atoms with van der Waals surface area (Å²) in [6.45, 7) is 0. The van der Waals surface area contributed by atoms with Gasteiger partial charge in [-0.3, -0.25) is 4.79 Å². The molecule has 1 aromatic carbocycles. The van der Waals surface area contributed by atoms with E-state index in [1.165, 1.54) is 30.3 Å². The number of hydrogen-bond acceptors (Lipinski definition) is 4. The van der Waals surface area contributed by atoms with Gasteiger partial charge in [0.25, 0.3) is 0 Å². The number of rotatable bonds is 4. The highest BCUT2D eigenvalue weighted by Crippen LogP contribution is 2.26. The zero-order valence-electron chi connectivity index (χ0n) is 9.47.